The summed E-state index contributed by atoms with van der Waals surface area (Å²) in [6.07, 6.45) is 1.70. The molecule has 5 rings (SSSR count). The zero-order chi connectivity index (χ0) is 33.6. The second-order valence-corrected chi connectivity index (χ2v) is 11.5. The Kier molecular flexibility index (Phi) is 10.1. The van der Waals surface area contributed by atoms with Crippen LogP contribution >= 0.6 is 11.6 Å². The zero-order valence-electron chi connectivity index (χ0n) is 26.1. The van der Waals surface area contributed by atoms with Crippen LogP contribution in [0.2, 0.25) is 5.02 Å². The van der Waals surface area contributed by atoms with E-state index < -0.39 is 11.6 Å². The van der Waals surface area contributed by atoms with Gasteiger partial charge in [-0.25, -0.2) is 9.78 Å². The Labute approximate surface area is 276 Å². The molecule has 13 nitrogen and oxygen atoms in total. The number of carbonyl (C=O) groups excluding carboxylic acids is 2. The predicted octanol–water partition coefficient (Wildman–Crippen LogP) is 5.86. The Bertz CT molecular complexity index is 1780. The minimum Gasteiger partial charge on any atom is -0.494 e. The van der Waals surface area contributed by atoms with Crippen molar-refractivity contribution in [3.05, 3.63) is 89.1 Å². The molecule has 0 saturated carbocycles. The molecule has 0 spiro atoms. The van der Waals surface area contributed by atoms with Gasteiger partial charge in [0.15, 0.2) is 5.82 Å². The molecule has 3 amide bonds. The molecular formula is C33H35ClN8O5. The summed E-state index contributed by atoms with van der Waals surface area (Å²) >= 11 is 6.41. The predicted molar refractivity (Wildman–Crippen MR) is 182 cm³/mol. The molecule has 0 unspecified atom stereocenters. The first-order valence-corrected chi connectivity index (χ1v) is 15.2. The van der Waals surface area contributed by atoms with E-state index in [0.717, 1.165) is 25.9 Å². The lowest BCUT2D eigenvalue weighted by molar-refractivity contribution is 0.0943. The number of anilines is 6. The number of benzene rings is 3. The van der Waals surface area contributed by atoms with Gasteiger partial charge in [0, 0.05) is 35.6 Å². The smallest absolute Gasteiger partial charge is 0.409 e. The fraction of sp³-hybridized carbons (Fsp3) is 0.242. The third-order valence-electron chi connectivity index (χ3n) is 7.89. The van der Waals surface area contributed by atoms with Crippen LogP contribution in [0.25, 0.3) is 0 Å². The summed E-state index contributed by atoms with van der Waals surface area (Å²) in [5.41, 5.74) is 2.38. The molecule has 1 aliphatic heterocycles. The number of rotatable bonds is 10. The number of para-hydroxylation sites is 1. The van der Waals surface area contributed by atoms with Crippen LogP contribution in [-0.2, 0) is 0 Å². The molecule has 3 aromatic carbocycles. The maximum atomic E-state index is 14.1. The quantitative estimate of drug-likeness (QED) is 0.121. The van der Waals surface area contributed by atoms with Gasteiger partial charge in [-0.2, -0.15) is 4.98 Å². The lowest BCUT2D eigenvalue weighted by Gasteiger charge is -2.44. The number of nitrogens with zero attached hydrogens (tertiary/aromatic N) is 3. The number of carboxylic acid groups (broad SMARTS) is 1. The number of carbonyl (C=O) groups is 3. The van der Waals surface area contributed by atoms with Gasteiger partial charge in [0.25, 0.3) is 11.8 Å². The molecule has 1 aliphatic rings. The van der Waals surface area contributed by atoms with Crippen LogP contribution in [0, 0.1) is 0 Å². The molecule has 0 aliphatic carbocycles. The van der Waals surface area contributed by atoms with Gasteiger partial charge in [0.1, 0.15) is 10.8 Å². The maximum absolute atomic E-state index is 14.1. The SMILES string of the molecule is CNC(=O)c1ccccc1Nc1nc(Nc2ccc(N(C(=O)c3ccc(NC(=O)O)cc3)C3(C)CCNCC3)cc2OC)ncc1Cl. The summed E-state index contributed by atoms with van der Waals surface area (Å²) in [6.45, 7) is 3.55. The number of ether oxygens (including phenoxy) is 1. The lowest BCUT2D eigenvalue weighted by atomic mass is 9.87. The number of hydrogen-bond donors (Lipinski definition) is 6. The van der Waals surface area contributed by atoms with Crippen LogP contribution in [0.3, 0.4) is 0 Å². The van der Waals surface area contributed by atoms with Crippen molar-refractivity contribution in [1.29, 1.82) is 0 Å². The molecule has 2 heterocycles. The van der Waals surface area contributed by atoms with E-state index in [4.69, 9.17) is 21.4 Å². The Morgan fingerprint density at radius 3 is 2.40 bits per heavy atom. The number of hydrogen-bond acceptors (Lipinski definition) is 9. The number of methoxy groups -OCH3 is 1. The highest BCUT2D eigenvalue weighted by Gasteiger charge is 2.38. The van der Waals surface area contributed by atoms with Crippen molar-refractivity contribution < 1.29 is 24.2 Å². The van der Waals surface area contributed by atoms with Crippen LogP contribution in [0.5, 0.6) is 5.75 Å². The molecule has 1 saturated heterocycles. The van der Waals surface area contributed by atoms with Crippen LogP contribution in [0.1, 0.15) is 40.5 Å². The zero-order valence-corrected chi connectivity index (χ0v) is 26.8. The summed E-state index contributed by atoms with van der Waals surface area (Å²) < 4.78 is 5.75. The van der Waals surface area contributed by atoms with E-state index in [-0.39, 0.29) is 28.6 Å². The van der Waals surface area contributed by atoms with Crippen molar-refractivity contribution in [2.45, 2.75) is 25.3 Å². The van der Waals surface area contributed by atoms with Gasteiger partial charge < -0.3 is 36.0 Å². The second kappa shape index (κ2) is 14.4. The largest absolute Gasteiger partial charge is 0.494 e. The Morgan fingerprint density at radius 2 is 1.72 bits per heavy atom. The fourth-order valence-corrected chi connectivity index (χ4v) is 5.56. The molecule has 14 heteroatoms. The highest BCUT2D eigenvalue weighted by Crippen LogP contribution is 2.38. The van der Waals surface area contributed by atoms with Crippen molar-refractivity contribution in [2.24, 2.45) is 0 Å². The highest BCUT2D eigenvalue weighted by atomic mass is 35.5. The summed E-state index contributed by atoms with van der Waals surface area (Å²) in [5.74, 6) is 0.453. The van der Waals surface area contributed by atoms with Gasteiger partial charge >= 0.3 is 6.09 Å². The first kappa shape index (κ1) is 33.0. The van der Waals surface area contributed by atoms with Crippen LogP contribution < -0.4 is 36.2 Å². The minimum absolute atomic E-state index is 0.216. The molecule has 1 aromatic heterocycles. The van der Waals surface area contributed by atoms with Crippen LogP contribution in [-0.4, -0.2) is 65.8 Å². The Balaban J connectivity index is 1.45. The van der Waals surface area contributed by atoms with Crippen molar-refractivity contribution in [1.82, 2.24) is 20.6 Å². The third-order valence-corrected chi connectivity index (χ3v) is 8.17. The molecule has 6 N–H and O–H groups in total. The van der Waals surface area contributed by atoms with Crippen molar-refractivity contribution in [2.75, 3.05) is 48.1 Å². The average molecular weight is 659 g/mol. The molecule has 0 atom stereocenters. The van der Waals surface area contributed by atoms with Gasteiger partial charge in [-0.15, -0.1) is 0 Å². The molecule has 0 radical (unpaired) electrons. The van der Waals surface area contributed by atoms with Gasteiger partial charge in [-0.1, -0.05) is 23.7 Å². The van der Waals surface area contributed by atoms with Gasteiger partial charge in [-0.05, 0) is 81.4 Å². The van der Waals surface area contributed by atoms with E-state index in [1.165, 1.54) is 13.3 Å². The normalized spacial score (nSPS) is 13.6. The molecule has 0 bridgehead atoms. The molecular weight excluding hydrogens is 624 g/mol. The van der Waals surface area contributed by atoms with Crippen molar-refractivity contribution in [3.63, 3.8) is 0 Å². The summed E-state index contributed by atoms with van der Waals surface area (Å²) in [4.78, 5) is 48.2. The molecule has 47 heavy (non-hydrogen) atoms. The Morgan fingerprint density at radius 1 is 1.00 bits per heavy atom. The van der Waals surface area contributed by atoms with Crippen molar-refractivity contribution in [3.8, 4) is 5.75 Å². The van der Waals surface area contributed by atoms with E-state index in [2.05, 4.69) is 43.5 Å². The molecule has 1 fully saturated rings. The second-order valence-electron chi connectivity index (χ2n) is 11.0. The third kappa shape index (κ3) is 7.54. The average Bonchev–Trinajstić information content (AvgIpc) is 3.07. The minimum atomic E-state index is -1.18. The van der Waals surface area contributed by atoms with E-state index in [9.17, 15) is 14.4 Å². The number of nitrogens with one attached hydrogen (secondary N) is 5. The number of aromatic nitrogens is 2. The van der Waals surface area contributed by atoms with E-state index in [1.54, 1.807) is 72.6 Å². The summed E-state index contributed by atoms with van der Waals surface area (Å²) in [7, 11) is 3.08. The lowest BCUT2D eigenvalue weighted by Crippen LogP contribution is -2.55. The van der Waals surface area contributed by atoms with Crippen LogP contribution in [0.4, 0.5) is 39.3 Å². The van der Waals surface area contributed by atoms with Gasteiger partial charge in [-0.3, -0.25) is 14.9 Å². The summed E-state index contributed by atoms with van der Waals surface area (Å²) in [6, 6.07) is 18.7. The topological polar surface area (TPSA) is 170 Å². The van der Waals surface area contributed by atoms with Gasteiger partial charge in [0.2, 0.25) is 5.95 Å². The van der Waals surface area contributed by atoms with Crippen LogP contribution in [0.15, 0.2) is 72.9 Å². The van der Waals surface area contributed by atoms with Crippen molar-refractivity contribution >= 4 is 64.0 Å². The standard InChI is InChI=1S/C33H35ClN8O5/c1-33(14-16-36-17-15-33)42(30(44)20-8-10-21(11-9-20)38-32(45)46)22-12-13-26(27(18-22)47-3)40-31-37-19-24(34)28(41-31)39-25-7-5-4-6-23(25)29(43)35-2/h4-13,18-19,36,38H,14-17H2,1-3H3,(H,35,43)(H,45,46)(H2,37,39,40,41). The van der Waals surface area contributed by atoms with E-state index >= 15 is 0 Å². The summed E-state index contributed by atoms with van der Waals surface area (Å²) in [5, 5.41) is 23.8. The highest BCUT2D eigenvalue weighted by molar-refractivity contribution is 6.33. The maximum Gasteiger partial charge on any atom is 0.409 e. The number of piperidine rings is 1. The van der Waals surface area contributed by atoms with E-state index in [0.29, 0.717) is 39.6 Å². The fourth-order valence-electron chi connectivity index (χ4n) is 5.42. The monoisotopic (exact) mass is 658 g/mol. The Hall–Kier alpha value is -5.40. The number of amides is 3. The first-order valence-electron chi connectivity index (χ1n) is 14.8. The first-order chi connectivity index (χ1) is 22.6. The molecule has 4 aromatic rings. The van der Waals surface area contributed by atoms with Gasteiger partial charge in [0.05, 0.1) is 30.2 Å². The van der Waals surface area contributed by atoms with E-state index in [1.807, 2.05) is 6.07 Å². The number of halogens is 1. The molecule has 244 valence electrons.